The maximum absolute atomic E-state index is 12.7. The van der Waals surface area contributed by atoms with Crippen molar-refractivity contribution in [3.8, 4) is 0 Å². The number of nitrogens with zero attached hydrogens (tertiary/aromatic N) is 1. The topological polar surface area (TPSA) is 105 Å². The second kappa shape index (κ2) is 32.3. The smallest absolute Gasteiger partial charge is 0.387 e. The number of aliphatic hydroxyl groups is 1. The van der Waals surface area contributed by atoms with Crippen LogP contribution in [0.25, 0.3) is 0 Å². The molecule has 9 heteroatoms. The number of carbonyl (C=O) groups is 1. The van der Waals surface area contributed by atoms with Gasteiger partial charge in [0, 0.05) is 6.42 Å². The minimum absolute atomic E-state index is 0.0407. The molecule has 50 heavy (non-hydrogen) atoms. The van der Waals surface area contributed by atoms with Crippen LogP contribution in [-0.2, 0) is 18.4 Å². The van der Waals surface area contributed by atoms with Gasteiger partial charge in [0.05, 0.1) is 39.9 Å². The fourth-order valence-corrected chi connectivity index (χ4v) is 5.03. The van der Waals surface area contributed by atoms with Crippen molar-refractivity contribution >= 4 is 13.7 Å². The monoisotopic (exact) mass is 717 g/mol. The maximum atomic E-state index is 12.7. The normalized spacial score (nSPS) is 15.7. The molecule has 3 atom stereocenters. The highest BCUT2D eigenvalue weighted by molar-refractivity contribution is 7.47. The minimum atomic E-state index is -4.35. The molecule has 0 aliphatic carbocycles. The molecule has 0 radical (unpaired) electrons. The molecule has 8 nitrogen and oxygen atoms in total. The second-order valence-electron chi connectivity index (χ2n) is 13.2. The number of likely N-dealkylation sites (N-methyl/N-ethyl adjacent to an activating group) is 1. The van der Waals surface area contributed by atoms with E-state index in [1.165, 1.54) is 0 Å². The van der Waals surface area contributed by atoms with Crippen LogP contribution in [0.5, 0.6) is 0 Å². The fraction of sp³-hybridized carbons (Fsp3) is 0.585. The Kier molecular flexibility index (Phi) is 30.7. The first-order valence-corrected chi connectivity index (χ1v) is 20.1. The van der Waals surface area contributed by atoms with Gasteiger partial charge in [-0.15, -0.1) is 0 Å². The van der Waals surface area contributed by atoms with Crippen LogP contribution >= 0.6 is 7.82 Å². The van der Waals surface area contributed by atoms with Crippen LogP contribution in [0.2, 0.25) is 0 Å². The van der Waals surface area contributed by atoms with Crippen LogP contribution < -0.4 is 5.32 Å². The third kappa shape index (κ3) is 33.9. The summed E-state index contributed by atoms with van der Waals surface area (Å²) < 4.78 is 23.3. The number of phosphoric ester groups is 1. The molecule has 0 saturated heterocycles. The molecule has 1 amide bonds. The highest BCUT2D eigenvalue weighted by Gasteiger charge is 2.27. The van der Waals surface area contributed by atoms with Gasteiger partial charge in [0.25, 0.3) is 0 Å². The lowest BCUT2D eigenvalue weighted by Crippen LogP contribution is -2.45. The number of quaternary nitrogens is 1. The van der Waals surface area contributed by atoms with Crippen LogP contribution in [0.3, 0.4) is 0 Å². The predicted molar refractivity (Wildman–Crippen MR) is 212 cm³/mol. The molecule has 0 heterocycles. The molecule has 284 valence electrons. The van der Waals surface area contributed by atoms with Gasteiger partial charge in [-0.2, -0.15) is 0 Å². The van der Waals surface area contributed by atoms with Crippen molar-refractivity contribution < 1.29 is 32.9 Å². The molecule has 0 rings (SSSR count). The lowest BCUT2D eigenvalue weighted by atomic mass is 10.1. The molecule has 0 spiro atoms. The highest BCUT2D eigenvalue weighted by Crippen LogP contribution is 2.43. The summed E-state index contributed by atoms with van der Waals surface area (Å²) in [6.07, 6.45) is 45.1. The molecule has 0 aromatic heterocycles. The molecular weight excluding hydrogens is 647 g/mol. The zero-order chi connectivity index (χ0) is 37.2. The Labute approximate surface area is 305 Å². The summed E-state index contributed by atoms with van der Waals surface area (Å²) in [5.74, 6) is -0.241. The highest BCUT2D eigenvalue weighted by atomic mass is 31.2. The quantitative estimate of drug-likeness (QED) is 0.0286. The van der Waals surface area contributed by atoms with Gasteiger partial charge >= 0.3 is 7.82 Å². The zero-order valence-electron chi connectivity index (χ0n) is 31.8. The molecule has 0 aliphatic rings. The molecule has 3 N–H and O–H groups in total. The summed E-state index contributed by atoms with van der Waals surface area (Å²) in [7, 11) is 1.50. The molecule has 0 aromatic carbocycles. The van der Waals surface area contributed by atoms with Crippen LogP contribution in [0.4, 0.5) is 0 Å². The summed E-state index contributed by atoms with van der Waals surface area (Å²) in [6, 6.07) is -0.889. The zero-order valence-corrected chi connectivity index (χ0v) is 32.7. The van der Waals surface area contributed by atoms with Gasteiger partial charge in [-0.3, -0.25) is 13.8 Å². The molecule has 0 saturated carbocycles. The van der Waals surface area contributed by atoms with Gasteiger partial charge in [-0.1, -0.05) is 117 Å². The lowest BCUT2D eigenvalue weighted by Gasteiger charge is -2.25. The lowest BCUT2D eigenvalue weighted by molar-refractivity contribution is -0.870. The molecular formula is C41H70N2O6P+. The van der Waals surface area contributed by atoms with Gasteiger partial charge in [-0.05, 0) is 77.0 Å². The second-order valence-corrected chi connectivity index (χ2v) is 14.7. The van der Waals surface area contributed by atoms with E-state index in [4.69, 9.17) is 9.05 Å². The van der Waals surface area contributed by atoms with Crippen LogP contribution in [-0.4, -0.2) is 73.4 Å². The van der Waals surface area contributed by atoms with Crippen molar-refractivity contribution in [3.63, 3.8) is 0 Å². The Balaban J connectivity index is 4.50. The third-order valence-corrected chi connectivity index (χ3v) is 8.25. The van der Waals surface area contributed by atoms with Crippen molar-refractivity contribution in [2.24, 2.45) is 0 Å². The number of hydrogen-bond acceptors (Lipinski definition) is 5. The van der Waals surface area contributed by atoms with Crippen molar-refractivity contribution in [2.75, 3.05) is 40.9 Å². The Hall–Kier alpha value is -2.58. The van der Waals surface area contributed by atoms with E-state index in [-0.39, 0.29) is 25.5 Å². The average molecular weight is 718 g/mol. The number of amides is 1. The first-order valence-electron chi connectivity index (χ1n) is 18.6. The fourth-order valence-electron chi connectivity index (χ4n) is 4.30. The van der Waals surface area contributed by atoms with Crippen LogP contribution in [0.1, 0.15) is 104 Å². The van der Waals surface area contributed by atoms with Gasteiger partial charge < -0.3 is 19.8 Å². The molecule has 0 fully saturated rings. The van der Waals surface area contributed by atoms with Gasteiger partial charge in [-0.25, -0.2) is 4.57 Å². The summed E-state index contributed by atoms with van der Waals surface area (Å²) in [5, 5.41) is 13.6. The number of aliphatic hydroxyl groups excluding tert-OH is 1. The largest absolute Gasteiger partial charge is 0.472 e. The van der Waals surface area contributed by atoms with E-state index in [1.54, 1.807) is 6.08 Å². The van der Waals surface area contributed by atoms with Gasteiger partial charge in [0.15, 0.2) is 0 Å². The van der Waals surface area contributed by atoms with Crippen LogP contribution in [0.15, 0.2) is 97.2 Å². The van der Waals surface area contributed by atoms with Crippen molar-refractivity contribution in [2.45, 2.75) is 116 Å². The molecule has 0 aliphatic heterocycles. The van der Waals surface area contributed by atoms with E-state index >= 15 is 0 Å². The first-order chi connectivity index (χ1) is 24.0. The molecule has 3 unspecified atom stereocenters. The van der Waals surface area contributed by atoms with E-state index in [0.29, 0.717) is 17.4 Å². The van der Waals surface area contributed by atoms with Crippen molar-refractivity contribution in [1.82, 2.24) is 5.32 Å². The van der Waals surface area contributed by atoms with Gasteiger partial charge in [0.2, 0.25) is 5.91 Å². The van der Waals surface area contributed by atoms with E-state index in [9.17, 15) is 19.4 Å². The summed E-state index contributed by atoms with van der Waals surface area (Å²) in [6.45, 7) is 4.48. The Morgan fingerprint density at radius 3 is 1.74 bits per heavy atom. The number of hydrogen-bond donors (Lipinski definition) is 3. The van der Waals surface area contributed by atoms with E-state index in [2.05, 4.69) is 104 Å². The number of nitrogens with one attached hydrogen (secondary N) is 1. The van der Waals surface area contributed by atoms with E-state index in [1.807, 2.05) is 27.2 Å². The summed E-state index contributed by atoms with van der Waals surface area (Å²) in [5.41, 5.74) is 0. The van der Waals surface area contributed by atoms with Crippen LogP contribution in [0, 0.1) is 0 Å². The first kappa shape index (κ1) is 47.4. The number of carbonyl (C=O) groups excluding carboxylic acids is 1. The number of unbranched alkanes of at least 4 members (excludes halogenated alkanes) is 4. The Bertz CT molecular complexity index is 1130. The van der Waals surface area contributed by atoms with E-state index < -0.39 is 20.0 Å². The maximum Gasteiger partial charge on any atom is 0.472 e. The Morgan fingerprint density at radius 2 is 1.20 bits per heavy atom. The minimum Gasteiger partial charge on any atom is -0.387 e. The SMILES string of the molecule is CC/C=C\C/C=C\C/C=C\C/C=C\C/C=C\C/C=C\CCCCC(=O)NC(COP(=O)(O)OCC[N+](C)(C)C)C(O)/C=C/CC/C=C/CCC. The number of phosphoric acid groups is 1. The Morgan fingerprint density at radius 1 is 0.700 bits per heavy atom. The molecule has 0 bridgehead atoms. The third-order valence-electron chi connectivity index (χ3n) is 7.27. The standard InChI is InChI=1S/C41H69N2O6P/c1-6-8-10-12-14-15-16-17-18-19-20-21-22-23-24-25-26-27-29-31-33-35-41(45)42-39(40(44)34-32-30-28-13-11-9-7-2)38-49-50(46,47)48-37-36-43(3,4)5/h8,10-11,13-15,17-18,20-21,23-24,26-27,32,34,39-40,44H,6-7,9,12,16,19,22,25,28-31,33,35-38H2,1-5H3,(H-,42,45,46,47)/p+1/b10-8-,13-11+,15-14-,18-17-,21-20-,24-23-,27-26-,34-32+. The molecule has 0 aromatic rings. The van der Waals surface area contributed by atoms with E-state index in [0.717, 1.165) is 77.0 Å². The summed E-state index contributed by atoms with van der Waals surface area (Å²) in [4.78, 5) is 22.9. The average Bonchev–Trinajstić information content (AvgIpc) is 3.06. The van der Waals surface area contributed by atoms with Crippen molar-refractivity contribution in [3.05, 3.63) is 97.2 Å². The van der Waals surface area contributed by atoms with Crippen molar-refractivity contribution in [1.29, 1.82) is 0 Å². The number of rotatable bonds is 31. The number of allylic oxidation sites excluding steroid dienone is 15. The predicted octanol–water partition coefficient (Wildman–Crippen LogP) is 9.62. The summed E-state index contributed by atoms with van der Waals surface area (Å²) >= 11 is 0. The van der Waals surface area contributed by atoms with Gasteiger partial charge in [0.1, 0.15) is 13.2 Å².